The second kappa shape index (κ2) is 8.44. The van der Waals surface area contributed by atoms with Gasteiger partial charge >= 0.3 is 0 Å². The molecule has 0 bridgehead atoms. The van der Waals surface area contributed by atoms with Crippen LogP contribution in [0.5, 0.6) is 0 Å². The molecule has 23 heavy (non-hydrogen) atoms. The molecule has 6 heteroatoms. The van der Waals surface area contributed by atoms with E-state index in [2.05, 4.69) is 27.9 Å². The van der Waals surface area contributed by atoms with Crippen LogP contribution < -0.4 is 5.32 Å². The van der Waals surface area contributed by atoms with Gasteiger partial charge in [0.15, 0.2) is 9.84 Å². The SMILES string of the molecule is O=C(NCCCS(=O)(=O)Cc1ccccc1)c1ccccc1I. The van der Waals surface area contributed by atoms with E-state index in [0.29, 0.717) is 18.5 Å². The molecule has 122 valence electrons. The van der Waals surface area contributed by atoms with Crippen molar-refractivity contribution in [1.82, 2.24) is 5.32 Å². The van der Waals surface area contributed by atoms with E-state index in [9.17, 15) is 13.2 Å². The van der Waals surface area contributed by atoms with Gasteiger partial charge in [-0.3, -0.25) is 4.79 Å². The first-order valence-electron chi connectivity index (χ1n) is 7.25. The van der Waals surface area contributed by atoms with Crippen LogP contribution in [0.4, 0.5) is 0 Å². The second-order valence-corrected chi connectivity index (χ2v) is 8.51. The summed E-state index contributed by atoms with van der Waals surface area (Å²) in [5, 5.41) is 2.77. The Morgan fingerprint density at radius 2 is 1.65 bits per heavy atom. The quantitative estimate of drug-likeness (QED) is 0.529. The molecular formula is C17H18INO3S. The molecule has 0 aliphatic carbocycles. The van der Waals surface area contributed by atoms with E-state index < -0.39 is 9.84 Å². The molecule has 0 atom stereocenters. The van der Waals surface area contributed by atoms with Gasteiger partial charge in [-0.25, -0.2) is 8.42 Å². The fraction of sp³-hybridized carbons (Fsp3) is 0.235. The lowest BCUT2D eigenvalue weighted by atomic mass is 10.2. The summed E-state index contributed by atoms with van der Waals surface area (Å²) in [5.41, 5.74) is 1.40. The number of hydrogen-bond donors (Lipinski definition) is 1. The Morgan fingerprint density at radius 1 is 1.00 bits per heavy atom. The minimum atomic E-state index is -3.16. The number of hydrogen-bond acceptors (Lipinski definition) is 3. The van der Waals surface area contributed by atoms with Crippen molar-refractivity contribution in [3.05, 3.63) is 69.3 Å². The summed E-state index contributed by atoms with van der Waals surface area (Å²) in [7, 11) is -3.16. The molecule has 1 N–H and O–H groups in total. The lowest BCUT2D eigenvalue weighted by Gasteiger charge is -2.07. The van der Waals surface area contributed by atoms with Crippen LogP contribution in [-0.2, 0) is 15.6 Å². The number of carbonyl (C=O) groups is 1. The van der Waals surface area contributed by atoms with Crippen molar-refractivity contribution in [1.29, 1.82) is 0 Å². The molecule has 0 aliphatic heterocycles. The minimum absolute atomic E-state index is 0.0400. The first kappa shape index (κ1) is 17.9. The maximum absolute atomic E-state index is 12.1. The van der Waals surface area contributed by atoms with Crippen LogP contribution in [0.25, 0.3) is 0 Å². The van der Waals surface area contributed by atoms with Gasteiger partial charge in [-0.15, -0.1) is 0 Å². The average molecular weight is 443 g/mol. The summed E-state index contributed by atoms with van der Waals surface area (Å²) in [6.07, 6.45) is 0.407. The highest BCUT2D eigenvalue weighted by Crippen LogP contribution is 2.11. The van der Waals surface area contributed by atoms with Gasteiger partial charge in [0, 0.05) is 10.1 Å². The highest BCUT2D eigenvalue weighted by molar-refractivity contribution is 14.1. The first-order chi connectivity index (χ1) is 11.0. The number of halogens is 1. The second-order valence-electron chi connectivity index (χ2n) is 5.17. The van der Waals surface area contributed by atoms with E-state index in [0.717, 1.165) is 9.13 Å². The summed E-state index contributed by atoms with van der Waals surface area (Å²) in [5.74, 6) is -0.0673. The van der Waals surface area contributed by atoms with Crippen LogP contribution >= 0.6 is 22.6 Å². The fourth-order valence-electron chi connectivity index (χ4n) is 2.13. The smallest absolute Gasteiger partial charge is 0.252 e. The van der Waals surface area contributed by atoms with Crippen molar-refractivity contribution in [3.63, 3.8) is 0 Å². The molecular weight excluding hydrogens is 425 g/mol. The van der Waals surface area contributed by atoms with Gasteiger partial charge in [0.05, 0.1) is 17.1 Å². The van der Waals surface area contributed by atoms with Crippen LogP contribution in [0, 0.1) is 3.57 Å². The van der Waals surface area contributed by atoms with E-state index >= 15 is 0 Å². The number of amides is 1. The maximum Gasteiger partial charge on any atom is 0.252 e. The molecule has 4 nitrogen and oxygen atoms in total. The van der Waals surface area contributed by atoms with Crippen molar-refractivity contribution < 1.29 is 13.2 Å². The molecule has 2 aromatic rings. The highest BCUT2D eigenvalue weighted by Gasteiger charge is 2.13. The molecule has 2 rings (SSSR count). The zero-order valence-electron chi connectivity index (χ0n) is 12.5. The Balaban J connectivity index is 1.79. The average Bonchev–Trinajstić information content (AvgIpc) is 2.52. The van der Waals surface area contributed by atoms with E-state index in [1.54, 1.807) is 24.3 Å². The predicted molar refractivity (Wildman–Crippen MR) is 100 cm³/mol. The molecule has 1 amide bonds. The molecule has 0 spiro atoms. The highest BCUT2D eigenvalue weighted by atomic mass is 127. The van der Waals surface area contributed by atoms with Crippen LogP contribution in [0.2, 0.25) is 0 Å². The summed E-state index contributed by atoms with van der Waals surface area (Å²) < 4.78 is 25.0. The van der Waals surface area contributed by atoms with Crippen LogP contribution in [0.3, 0.4) is 0 Å². The Morgan fingerprint density at radius 3 is 2.35 bits per heavy atom. The molecule has 0 saturated heterocycles. The maximum atomic E-state index is 12.1. The molecule has 2 aromatic carbocycles. The molecule has 0 aromatic heterocycles. The summed E-state index contributed by atoms with van der Waals surface area (Å²) in [6, 6.07) is 16.4. The van der Waals surface area contributed by atoms with E-state index in [-0.39, 0.29) is 17.4 Å². The monoisotopic (exact) mass is 443 g/mol. The molecule has 0 unspecified atom stereocenters. The molecule has 0 saturated carbocycles. The minimum Gasteiger partial charge on any atom is -0.352 e. The third kappa shape index (κ3) is 5.95. The Bertz CT molecular complexity index is 760. The first-order valence-corrected chi connectivity index (χ1v) is 10.1. The van der Waals surface area contributed by atoms with Gasteiger partial charge in [0.2, 0.25) is 0 Å². The number of nitrogens with one attached hydrogen (secondary N) is 1. The number of carbonyl (C=O) groups excluding carboxylic acids is 1. The number of rotatable bonds is 7. The molecule has 0 aliphatic rings. The molecule has 0 heterocycles. The van der Waals surface area contributed by atoms with Gasteiger partial charge < -0.3 is 5.32 Å². The standard InChI is InChI=1S/C17H18INO3S/c18-16-10-5-4-9-15(16)17(20)19-11-6-12-23(21,22)13-14-7-2-1-3-8-14/h1-5,7-10H,6,11-13H2,(H,19,20). The lowest BCUT2D eigenvalue weighted by Crippen LogP contribution is -2.26. The number of benzene rings is 2. The summed E-state index contributed by atoms with van der Waals surface area (Å²) in [6.45, 7) is 0.345. The topological polar surface area (TPSA) is 63.2 Å². The van der Waals surface area contributed by atoms with Gasteiger partial charge in [-0.1, -0.05) is 42.5 Å². The Kier molecular flexibility index (Phi) is 6.59. The van der Waals surface area contributed by atoms with Gasteiger partial charge in [0.1, 0.15) is 0 Å². The summed E-state index contributed by atoms with van der Waals surface area (Å²) in [4.78, 5) is 12.0. The van der Waals surface area contributed by atoms with Gasteiger partial charge in [-0.05, 0) is 46.7 Å². The third-order valence-corrected chi connectivity index (χ3v) is 5.89. The third-order valence-electron chi connectivity index (χ3n) is 3.27. The van der Waals surface area contributed by atoms with Crippen molar-refractivity contribution in [2.24, 2.45) is 0 Å². The number of sulfone groups is 1. The zero-order chi connectivity index (χ0) is 16.7. The van der Waals surface area contributed by atoms with E-state index in [1.807, 2.05) is 30.3 Å². The van der Waals surface area contributed by atoms with Gasteiger partial charge in [-0.2, -0.15) is 0 Å². The zero-order valence-corrected chi connectivity index (χ0v) is 15.5. The van der Waals surface area contributed by atoms with E-state index in [4.69, 9.17) is 0 Å². The summed E-state index contributed by atoms with van der Waals surface area (Å²) >= 11 is 2.11. The normalized spacial score (nSPS) is 11.2. The van der Waals surface area contributed by atoms with Crippen molar-refractivity contribution in [2.45, 2.75) is 12.2 Å². The lowest BCUT2D eigenvalue weighted by molar-refractivity contribution is 0.0953. The van der Waals surface area contributed by atoms with Crippen LogP contribution in [0.1, 0.15) is 22.3 Å². The Hall–Kier alpha value is -1.41. The molecule has 0 radical (unpaired) electrons. The van der Waals surface area contributed by atoms with Crippen molar-refractivity contribution in [2.75, 3.05) is 12.3 Å². The van der Waals surface area contributed by atoms with Crippen LogP contribution in [0.15, 0.2) is 54.6 Å². The predicted octanol–water partition coefficient (Wildman–Crippen LogP) is 3.03. The van der Waals surface area contributed by atoms with Crippen molar-refractivity contribution >= 4 is 38.3 Å². The van der Waals surface area contributed by atoms with E-state index in [1.165, 1.54) is 0 Å². The fourth-order valence-corrected chi connectivity index (χ4v) is 4.20. The largest absolute Gasteiger partial charge is 0.352 e. The van der Waals surface area contributed by atoms with Crippen molar-refractivity contribution in [3.8, 4) is 0 Å². The molecule has 0 fully saturated rings. The Labute approximate surface area is 150 Å². The van der Waals surface area contributed by atoms with Gasteiger partial charge in [0.25, 0.3) is 5.91 Å². The van der Waals surface area contributed by atoms with Crippen LogP contribution in [-0.4, -0.2) is 26.6 Å².